The average molecular weight is 303 g/mol. The van der Waals surface area contributed by atoms with Gasteiger partial charge < -0.3 is 0 Å². The highest BCUT2D eigenvalue weighted by atomic mass is 32.1. The van der Waals surface area contributed by atoms with Gasteiger partial charge in [0.25, 0.3) is 0 Å². The van der Waals surface area contributed by atoms with Crippen LogP contribution in [0, 0.1) is 13.8 Å². The summed E-state index contributed by atoms with van der Waals surface area (Å²) in [5, 5.41) is 2.15. The number of hydrogen-bond donors (Lipinski definition) is 0. The maximum absolute atomic E-state index is 4.79. The largest absolute Gasteiger partial charge is 0.252 e. The van der Waals surface area contributed by atoms with Crippen LogP contribution in [-0.4, -0.2) is 5.71 Å². The number of nitrogens with zero attached hydrogens (tertiary/aromatic N) is 1. The van der Waals surface area contributed by atoms with Crippen molar-refractivity contribution in [3.63, 3.8) is 0 Å². The molecule has 3 aromatic rings. The number of thiophene rings is 1. The first-order chi connectivity index (χ1) is 10.7. The molecular weight excluding hydrogens is 286 g/mol. The van der Waals surface area contributed by atoms with Gasteiger partial charge in [0, 0.05) is 11.3 Å². The number of aryl methyl sites for hydroxylation is 2. The monoisotopic (exact) mass is 303 g/mol. The summed E-state index contributed by atoms with van der Waals surface area (Å²) in [6.07, 6.45) is 0.939. The fourth-order valence-electron chi connectivity index (χ4n) is 2.98. The lowest BCUT2D eigenvalue weighted by Crippen LogP contribution is -2.00. The molecule has 2 heterocycles. The predicted octanol–water partition coefficient (Wildman–Crippen LogP) is 5.71. The Bertz CT molecular complexity index is 869. The van der Waals surface area contributed by atoms with E-state index in [1.54, 1.807) is 11.3 Å². The second-order valence-corrected chi connectivity index (χ2v) is 6.79. The number of benzene rings is 2. The first kappa shape index (κ1) is 13.5. The first-order valence-corrected chi connectivity index (χ1v) is 8.41. The van der Waals surface area contributed by atoms with Crippen LogP contribution in [0.5, 0.6) is 0 Å². The van der Waals surface area contributed by atoms with Crippen LogP contribution in [0.4, 0.5) is 5.69 Å². The molecule has 0 saturated carbocycles. The van der Waals surface area contributed by atoms with E-state index in [-0.39, 0.29) is 0 Å². The summed E-state index contributed by atoms with van der Waals surface area (Å²) in [7, 11) is 0. The van der Waals surface area contributed by atoms with Crippen LogP contribution in [-0.2, 0) is 6.42 Å². The van der Waals surface area contributed by atoms with Crippen molar-refractivity contribution in [3.05, 3.63) is 76.2 Å². The molecule has 1 aromatic heterocycles. The Kier molecular flexibility index (Phi) is 3.20. The van der Waals surface area contributed by atoms with E-state index in [1.165, 1.54) is 38.4 Å². The van der Waals surface area contributed by atoms with Gasteiger partial charge in [0.1, 0.15) is 0 Å². The number of rotatable bonds is 2. The number of hydrogen-bond acceptors (Lipinski definition) is 2. The predicted molar refractivity (Wildman–Crippen MR) is 95.6 cm³/mol. The van der Waals surface area contributed by atoms with Gasteiger partial charge in [0.2, 0.25) is 0 Å². The molecule has 1 aliphatic heterocycles. The Hall–Kier alpha value is -2.19. The summed E-state index contributed by atoms with van der Waals surface area (Å²) in [6, 6.07) is 17.5. The summed E-state index contributed by atoms with van der Waals surface area (Å²) in [5.41, 5.74) is 8.81. The van der Waals surface area contributed by atoms with Crippen LogP contribution in [0.2, 0.25) is 0 Å². The van der Waals surface area contributed by atoms with E-state index in [9.17, 15) is 0 Å². The second kappa shape index (κ2) is 5.22. The molecule has 0 amide bonds. The highest BCUT2D eigenvalue weighted by Gasteiger charge is 2.16. The molecule has 2 aromatic carbocycles. The molecule has 0 saturated heterocycles. The molecule has 0 aliphatic carbocycles. The maximum atomic E-state index is 4.79. The molecule has 108 valence electrons. The fraction of sp³-hybridized carbons (Fsp3) is 0.150. The third-order valence-electron chi connectivity index (χ3n) is 4.19. The topological polar surface area (TPSA) is 12.4 Å². The van der Waals surface area contributed by atoms with E-state index in [1.807, 2.05) is 0 Å². The van der Waals surface area contributed by atoms with Gasteiger partial charge in [-0.1, -0.05) is 42.0 Å². The molecule has 4 rings (SSSR count). The summed E-state index contributed by atoms with van der Waals surface area (Å²) >= 11 is 1.80. The molecule has 0 fully saturated rings. The van der Waals surface area contributed by atoms with E-state index in [0.29, 0.717) is 0 Å². The van der Waals surface area contributed by atoms with Gasteiger partial charge in [0.05, 0.1) is 11.4 Å². The Morgan fingerprint density at radius 1 is 0.909 bits per heavy atom. The van der Waals surface area contributed by atoms with Crippen LogP contribution in [0.25, 0.3) is 10.4 Å². The lowest BCUT2D eigenvalue weighted by Gasteiger charge is -2.04. The third kappa shape index (κ3) is 2.30. The van der Waals surface area contributed by atoms with E-state index in [4.69, 9.17) is 4.99 Å². The van der Waals surface area contributed by atoms with Crippen LogP contribution in [0.3, 0.4) is 0 Å². The fourth-order valence-corrected chi connectivity index (χ4v) is 3.91. The quantitative estimate of drug-likeness (QED) is 0.575. The van der Waals surface area contributed by atoms with Gasteiger partial charge in [-0.15, -0.1) is 11.3 Å². The minimum Gasteiger partial charge on any atom is -0.252 e. The highest BCUT2D eigenvalue weighted by molar-refractivity contribution is 7.13. The van der Waals surface area contributed by atoms with Gasteiger partial charge in [-0.3, -0.25) is 4.99 Å². The standard InChI is InChI=1S/C20H17NS/c1-13-3-8-18-17(11-13)12-19(21-18)15-4-6-16(7-5-15)20-14(2)9-10-22-20/h3-11H,12H2,1-2H3. The smallest absolute Gasteiger partial charge is 0.0669 e. The lowest BCUT2D eigenvalue weighted by atomic mass is 10.0. The number of aliphatic imine (C=N–C) groups is 1. The molecule has 0 spiro atoms. The van der Waals surface area contributed by atoms with E-state index in [0.717, 1.165) is 12.1 Å². The minimum atomic E-state index is 0.939. The van der Waals surface area contributed by atoms with Gasteiger partial charge in [-0.05, 0) is 53.6 Å². The zero-order valence-electron chi connectivity index (χ0n) is 12.8. The van der Waals surface area contributed by atoms with Crippen LogP contribution in [0.1, 0.15) is 22.3 Å². The molecule has 0 unspecified atom stereocenters. The minimum absolute atomic E-state index is 0.939. The van der Waals surface area contributed by atoms with Gasteiger partial charge >= 0.3 is 0 Å². The number of fused-ring (bicyclic) bond motifs is 1. The Balaban J connectivity index is 1.64. The molecule has 2 heteroatoms. The van der Waals surface area contributed by atoms with Crippen LogP contribution < -0.4 is 0 Å². The molecule has 22 heavy (non-hydrogen) atoms. The second-order valence-electron chi connectivity index (χ2n) is 5.88. The Morgan fingerprint density at radius 3 is 2.41 bits per heavy atom. The van der Waals surface area contributed by atoms with E-state index in [2.05, 4.69) is 67.8 Å². The highest BCUT2D eigenvalue weighted by Crippen LogP contribution is 2.32. The zero-order chi connectivity index (χ0) is 15.1. The Labute approximate surface area is 135 Å². The molecule has 0 atom stereocenters. The van der Waals surface area contributed by atoms with Crippen molar-refractivity contribution >= 4 is 22.7 Å². The van der Waals surface area contributed by atoms with Gasteiger partial charge in [-0.25, -0.2) is 0 Å². The molecule has 1 nitrogen and oxygen atoms in total. The van der Waals surface area contributed by atoms with E-state index < -0.39 is 0 Å². The lowest BCUT2D eigenvalue weighted by molar-refractivity contribution is 1.34. The molecule has 0 radical (unpaired) electrons. The van der Waals surface area contributed by atoms with Gasteiger partial charge in [0.15, 0.2) is 0 Å². The first-order valence-electron chi connectivity index (χ1n) is 7.53. The van der Waals surface area contributed by atoms with Crippen molar-refractivity contribution in [3.8, 4) is 10.4 Å². The summed E-state index contributed by atoms with van der Waals surface area (Å²) in [5.74, 6) is 0. The maximum Gasteiger partial charge on any atom is 0.0669 e. The van der Waals surface area contributed by atoms with Gasteiger partial charge in [-0.2, -0.15) is 0 Å². The van der Waals surface area contributed by atoms with Crippen molar-refractivity contribution in [1.29, 1.82) is 0 Å². The van der Waals surface area contributed by atoms with Crippen LogP contribution >= 0.6 is 11.3 Å². The average Bonchev–Trinajstić information content (AvgIpc) is 3.13. The van der Waals surface area contributed by atoms with Crippen LogP contribution in [0.15, 0.2) is 58.9 Å². The molecule has 0 N–H and O–H groups in total. The molecule has 0 bridgehead atoms. The van der Waals surface area contributed by atoms with Crippen molar-refractivity contribution < 1.29 is 0 Å². The molecular formula is C20H17NS. The summed E-state index contributed by atoms with van der Waals surface area (Å²) < 4.78 is 0. The third-order valence-corrected chi connectivity index (χ3v) is 5.26. The van der Waals surface area contributed by atoms with Crippen molar-refractivity contribution in [2.24, 2.45) is 4.99 Å². The SMILES string of the molecule is Cc1ccc2c(c1)CC(c1ccc(-c3sccc3C)cc1)=N2. The normalized spacial score (nSPS) is 13.1. The Morgan fingerprint density at radius 2 is 1.68 bits per heavy atom. The zero-order valence-corrected chi connectivity index (χ0v) is 13.6. The van der Waals surface area contributed by atoms with E-state index >= 15 is 0 Å². The van der Waals surface area contributed by atoms with Crippen molar-refractivity contribution in [1.82, 2.24) is 0 Å². The summed E-state index contributed by atoms with van der Waals surface area (Å²) in [6.45, 7) is 4.30. The van der Waals surface area contributed by atoms with Crippen molar-refractivity contribution in [2.45, 2.75) is 20.3 Å². The van der Waals surface area contributed by atoms with Crippen molar-refractivity contribution in [2.75, 3.05) is 0 Å². The summed E-state index contributed by atoms with van der Waals surface area (Å²) in [4.78, 5) is 6.15. The molecule has 1 aliphatic rings.